The van der Waals surface area contributed by atoms with Crippen LogP contribution in [0.25, 0.3) is 5.76 Å². The SMILES string of the molecule is COc1ccc(C2/C(=C(\O)c3cccc(Cl)c3)C(=O)C(=O)N2c2ccc(C)c(C)c2)cc1. The third-order valence-corrected chi connectivity index (χ3v) is 5.98. The number of ketones is 1. The number of aryl methyl sites for hydroxylation is 2. The van der Waals surface area contributed by atoms with Crippen molar-refractivity contribution in [1.82, 2.24) is 0 Å². The first-order chi connectivity index (χ1) is 15.3. The van der Waals surface area contributed by atoms with Crippen molar-refractivity contribution in [3.63, 3.8) is 0 Å². The van der Waals surface area contributed by atoms with Crippen molar-refractivity contribution in [2.45, 2.75) is 19.9 Å². The van der Waals surface area contributed by atoms with Crippen LogP contribution in [0.5, 0.6) is 5.75 Å². The Morgan fingerprint density at radius 3 is 2.31 bits per heavy atom. The van der Waals surface area contributed by atoms with Gasteiger partial charge in [0.2, 0.25) is 0 Å². The van der Waals surface area contributed by atoms with E-state index >= 15 is 0 Å². The maximum Gasteiger partial charge on any atom is 0.300 e. The highest BCUT2D eigenvalue weighted by Crippen LogP contribution is 2.43. The van der Waals surface area contributed by atoms with Gasteiger partial charge in [0, 0.05) is 16.3 Å². The van der Waals surface area contributed by atoms with Crippen molar-refractivity contribution >= 4 is 34.7 Å². The summed E-state index contributed by atoms with van der Waals surface area (Å²) < 4.78 is 5.25. The molecular weight excluding hydrogens is 426 g/mol. The number of nitrogens with zero attached hydrogens (tertiary/aromatic N) is 1. The second kappa shape index (κ2) is 8.52. The lowest BCUT2D eigenvalue weighted by molar-refractivity contribution is -0.132. The number of rotatable bonds is 4. The number of ether oxygens (including phenoxy) is 1. The molecule has 0 aliphatic carbocycles. The fourth-order valence-corrected chi connectivity index (χ4v) is 4.06. The van der Waals surface area contributed by atoms with Crippen LogP contribution in [0.3, 0.4) is 0 Å². The van der Waals surface area contributed by atoms with Crippen LogP contribution in [0.15, 0.2) is 72.3 Å². The number of carbonyl (C=O) groups is 2. The zero-order chi connectivity index (χ0) is 23.0. The Morgan fingerprint density at radius 1 is 0.969 bits per heavy atom. The number of Topliss-reactive ketones (excluding diaryl/α,β-unsaturated/α-hetero) is 1. The molecule has 5 nitrogen and oxygen atoms in total. The zero-order valence-corrected chi connectivity index (χ0v) is 18.7. The van der Waals surface area contributed by atoms with Gasteiger partial charge in [-0.15, -0.1) is 0 Å². The number of hydrogen-bond donors (Lipinski definition) is 1. The number of benzene rings is 3. The van der Waals surface area contributed by atoms with E-state index in [-0.39, 0.29) is 11.3 Å². The Bertz CT molecular complexity index is 1250. The molecule has 1 atom stereocenters. The van der Waals surface area contributed by atoms with Crippen molar-refractivity contribution in [2.24, 2.45) is 0 Å². The largest absolute Gasteiger partial charge is 0.507 e. The molecule has 0 bridgehead atoms. The minimum absolute atomic E-state index is 0.0145. The van der Waals surface area contributed by atoms with E-state index < -0.39 is 17.7 Å². The summed E-state index contributed by atoms with van der Waals surface area (Å²) in [7, 11) is 1.56. The Labute approximate surface area is 191 Å². The molecule has 0 aromatic heterocycles. The first kappa shape index (κ1) is 21.7. The normalized spacial score (nSPS) is 17.6. The van der Waals surface area contributed by atoms with E-state index in [0.29, 0.717) is 27.6 Å². The minimum Gasteiger partial charge on any atom is -0.507 e. The average molecular weight is 448 g/mol. The minimum atomic E-state index is -0.804. The summed E-state index contributed by atoms with van der Waals surface area (Å²) in [4.78, 5) is 27.8. The molecule has 1 unspecified atom stereocenters. The van der Waals surface area contributed by atoms with Crippen LogP contribution in [-0.2, 0) is 9.59 Å². The first-order valence-corrected chi connectivity index (χ1v) is 10.5. The number of anilines is 1. The monoisotopic (exact) mass is 447 g/mol. The van der Waals surface area contributed by atoms with Crippen molar-refractivity contribution in [3.8, 4) is 5.75 Å². The number of amides is 1. The van der Waals surface area contributed by atoms with Gasteiger partial charge in [-0.1, -0.05) is 41.9 Å². The molecule has 1 N–H and O–H groups in total. The molecule has 0 saturated carbocycles. The van der Waals surface area contributed by atoms with Crippen LogP contribution in [0.2, 0.25) is 5.02 Å². The molecule has 0 spiro atoms. The van der Waals surface area contributed by atoms with Gasteiger partial charge in [0.15, 0.2) is 0 Å². The molecule has 1 saturated heterocycles. The van der Waals surface area contributed by atoms with Gasteiger partial charge >= 0.3 is 0 Å². The predicted octanol–water partition coefficient (Wildman–Crippen LogP) is 5.59. The van der Waals surface area contributed by atoms with E-state index in [1.807, 2.05) is 32.0 Å². The fourth-order valence-electron chi connectivity index (χ4n) is 3.87. The molecule has 1 heterocycles. The van der Waals surface area contributed by atoms with Gasteiger partial charge in [-0.3, -0.25) is 14.5 Å². The molecule has 1 aliphatic rings. The maximum absolute atomic E-state index is 13.2. The lowest BCUT2D eigenvalue weighted by Gasteiger charge is -2.26. The molecule has 1 amide bonds. The van der Waals surface area contributed by atoms with E-state index in [4.69, 9.17) is 16.3 Å². The summed E-state index contributed by atoms with van der Waals surface area (Å²) in [5, 5.41) is 11.5. The van der Waals surface area contributed by atoms with Crippen LogP contribution < -0.4 is 9.64 Å². The molecular formula is C26H22ClNO4. The Hall–Kier alpha value is -3.57. The second-order valence-corrected chi connectivity index (χ2v) is 8.16. The zero-order valence-electron chi connectivity index (χ0n) is 17.9. The van der Waals surface area contributed by atoms with Gasteiger partial charge in [-0.05, 0) is 66.9 Å². The fraction of sp³-hybridized carbons (Fsp3) is 0.154. The summed E-state index contributed by atoms with van der Waals surface area (Å²) in [6.07, 6.45) is 0. The topological polar surface area (TPSA) is 66.8 Å². The van der Waals surface area contributed by atoms with Gasteiger partial charge in [-0.25, -0.2) is 0 Å². The number of aliphatic hydroxyl groups excluding tert-OH is 1. The van der Waals surface area contributed by atoms with Crippen LogP contribution in [0, 0.1) is 13.8 Å². The first-order valence-electron chi connectivity index (χ1n) is 10.1. The van der Waals surface area contributed by atoms with Gasteiger partial charge < -0.3 is 9.84 Å². The average Bonchev–Trinajstić information content (AvgIpc) is 3.06. The molecule has 32 heavy (non-hydrogen) atoms. The number of aliphatic hydroxyl groups is 1. The number of carbonyl (C=O) groups excluding carboxylic acids is 2. The van der Waals surface area contributed by atoms with Gasteiger partial charge in [0.05, 0.1) is 18.7 Å². The summed E-state index contributed by atoms with van der Waals surface area (Å²) in [5.41, 5.74) is 3.71. The predicted molar refractivity (Wildman–Crippen MR) is 125 cm³/mol. The molecule has 162 valence electrons. The van der Waals surface area contributed by atoms with Crippen molar-refractivity contribution in [3.05, 3.63) is 99.6 Å². The molecule has 0 radical (unpaired) electrons. The molecule has 6 heteroatoms. The highest BCUT2D eigenvalue weighted by Gasteiger charge is 2.47. The van der Waals surface area contributed by atoms with E-state index in [1.165, 1.54) is 4.90 Å². The quantitative estimate of drug-likeness (QED) is 0.321. The number of hydrogen-bond acceptors (Lipinski definition) is 4. The van der Waals surface area contributed by atoms with Crippen molar-refractivity contribution < 1.29 is 19.4 Å². The number of halogens is 1. The van der Waals surface area contributed by atoms with Crippen LogP contribution in [0.4, 0.5) is 5.69 Å². The van der Waals surface area contributed by atoms with Crippen LogP contribution in [0.1, 0.15) is 28.3 Å². The van der Waals surface area contributed by atoms with Crippen molar-refractivity contribution in [2.75, 3.05) is 12.0 Å². The lowest BCUT2D eigenvalue weighted by atomic mass is 9.95. The van der Waals surface area contributed by atoms with Gasteiger partial charge in [0.1, 0.15) is 11.5 Å². The Kier molecular flexibility index (Phi) is 5.76. The Balaban J connectivity index is 1.95. The third kappa shape index (κ3) is 3.76. The van der Waals surface area contributed by atoms with Gasteiger partial charge in [-0.2, -0.15) is 0 Å². The van der Waals surface area contributed by atoms with E-state index in [1.54, 1.807) is 55.6 Å². The lowest BCUT2D eigenvalue weighted by Crippen LogP contribution is -2.29. The summed E-state index contributed by atoms with van der Waals surface area (Å²) in [6.45, 7) is 3.93. The van der Waals surface area contributed by atoms with Crippen molar-refractivity contribution in [1.29, 1.82) is 0 Å². The third-order valence-electron chi connectivity index (χ3n) is 5.74. The summed E-state index contributed by atoms with van der Waals surface area (Å²) >= 11 is 6.09. The van der Waals surface area contributed by atoms with E-state index in [2.05, 4.69) is 0 Å². The molecule has 3 aromatic carbocycles. The molecule has 1 fully saturated rings. The highest BCUT2D eigenvalue weighted by molar-refractivity contribution is 6.51. The van der Waals surface area contributed by atoms with Crippen LogP contribution >= 0.6 is 11.6 Å². The second-order valence-electron chi connectivity index (χ2n) is 7.72. The molecule has 3 aromatic rings. The highest BCUT2D eigenvalue weighted by atomic mass is 35.5. The van der Waals surface area contributed by atoms with Crippen LogP contribution in [-0.4, -0.2) is 23.9 Å². The molecule has 1 aliphatic heterocycles. The van der Waals surface area contributed by atoms with E-state index in [9.17, 15) is 14.7 Å². The smallest absolute Gasteiger partial charge is 0.300 e. The number of methoxy groups -OCH3 is 1. The maximum atomic E-state index is 13.2. The Morgan fingerprint density at radius 2 is 1.69 bits per heavy atom. The van der Waals surface area contributed by atoms with Gasteiger partial charge in [0.25, 0.3) is 11.7 Å². The standard InChI is InChI=1S/C26H22ClNO4/c1-15-7-10-20(13-16(15)2)28-23(17-8-11-21(32-3)12-9-17)22(25(30)26(28)31)24(29)18-5-4-6-19(27)14-18/h4-14,23,29H,1-3H3/b24-22+. The molecule has 4 rings (SSSR count). The summed E-state index contributed by atoms with van der Waals surface area (Å²) in [5.74, 6) is -1.07. The summed E-state index contributed by atoms with van der Waals surface area (Å²) in [6, 6.07) is 18.4. The van der Waals surface area contributed by atoms with E-state index in [0.717, 1.165) is 11.1 Å².